The average molecular weight is 220 g/mol. The summed E-state index contributed by atoms with van der Waals surface area (Å²) in [6, 6.07) is 9.35. The Morgan fingerprint density at radius 3 is 2.00 bits per heavy atom. The van der Waals surface area contributed by atoms with Crippen molar-refractivity contribution in [1.82, 2.24) is 4.90 Å². The summed E-state index contributed by atoms with van der Waals surface area (Å²) in [5.41, 5.74) is 8.33. The molecular weight excluding hydrogens is 196 g/mol. The lowest BCUT2D eigenvalue weighted by Crippen LogP contribution is -2.28. The molecule has 0 fully saturated rings. The molecule has 0 saturated heterocycles. The fourth-order valence-electron chi connectivity index (χ4n) is 1.81. The smallest absolute Gasteiger partial charge is 0.0317 e. The van der Waals surface area contributed by atoms with Gasteiger partial charge >= 0.3 is 0 Å². The summed E-state index contributed by atoms with van der Waals surface area (Å²) in [7, 11) is 2.12. The molecular formula is C14H24N2. The number of nitrogens with two attached hydrogens (primary N) is 1. The maximum Gasteiger partial charge on any atom is 0.0317 e. The fourth-order valence-corrected chi connectivity index (χ4v) is 1.81. The van der Waals surface area contributed by atoms with Crippen molar-refractivity contribution in [1.29, 1.82) is 0 Å². The first kappa shape index (κ1) is 13.2. The molecule has 0 amide bonds. The van der Waals surface area contributed by atoms with Gasteiger partial charge in [-0.15, -0.1) is 0 Å². The van der Waals surface area contributed by atoms with Gasteiger partial charge in [0.25, 0.3) is 0 Å². The molecule has 1 aromatic carbocycles. The first-order valence-electron chi connectivity index (χ1n) is 6.06. The van der Waals surface area contributed by atoms with Crippen LogP contribution in [0.2, 0.25) is 0 Å². The van der Waals surface area contributed by atoms with E-state index in [-0.39, 0.29) is 0 Å². The van der Waals surface area contributed by atoms with Crippen LogP contribution >= 0.6 is 0 Å². The molecule has 2 nitrogen and oxygen atoms in total. The lowest BCUT2D eigenvalue weighted by Gasteiger charge is -2.24. The van der Waals surface area contributed by atoms with Crippen molar-refractivity contribution in [3.05, 3.63) is 35.4 Å². The van der Waals surface area contributed by atoms with E-state index in [1.165, 1.54) is 11.1 Å². The molecule has 0 heterocycles. The zero-order valence-corrected chi connectivity index (χ0v) is 10.9. The number of benzene rings is 1. The molecule has 0 aliphatic rings. The van der Waals surface area contributed by atoms with E-state index in [0.717, 1.165) is 6.54 Å². The number of nitrogens with zero attached hydrogens (tertiary/aromatic N) is 1. The summed E-state index contributed by atoms with van der Waals surface area (Å²) in [6.45, 7) is 8.32. The number of hydrogen-bond acceptors (Lipinski definition) is 2. The van der Waals surface area contributed by atoms with Crippen molar-refractivity contribution in [2.45, 2.75) is 32.7 Å². The van der Waals surface area contributed by atoms with Gasteiger partial charge in [-0.05, 0) is 31.0 Å². The first-order chi connectivity index (χ1) is 7.56. The zero-order valence-electron chi connectivity index (χ0n) is 10.9. The topological polar surface area (TPSA) is 29.3 Å². The lowest BCUT2D eigenvalue weighted by atomic mass is 9.99. The highest BCUT2D eigenvalue weighted by molar-refractivity contribution is 5.26. The van der Waals surface area contributed by atoms with E-state index in [9.17, 15) is 0 Å². The van der Waals surface area contributed by atoms with Crippen LogP contribution in [-0.4, -0.2) is 25.0 Å². The number of likely N-dealkylation sites (N-methyl/N-ethyl adjacent to an activating group) is 1. The Morgan fingerprint density at radius 1 is 1.06 bits per heavy atom. The molecule has 0 aromatic heterocycles. The summed E-state index contributed by atoms with van der Waals surface area (Å²) < 4.78 is 0. The molecule has 90 valence electrons. The predicted molar refractivity (Wildman–Crippen MR) is 70.6 cm³/mol. The molecule has 1 aromatic rings. The van der Waals surface area contributed by atoms with Gasteiger partial charge in [0.1, 0.15) is 0 Å². The summed E-state index contributed by atoms with van der Waals surface area (Å²) in [5.74, 6) is 0.603. The second-order valence-corrected chi connectivity index (χ2v) is 4.77. The minimum atomic E-state index is 0.435. The van der Waals surface area contributed by atoms with Gasteiger partial charge in [-0.2, -0.15) is 0 Å². The highest BCUT2D eigenvalue weighted by Gasteiger charge is 2.10. The second kappa shape index (κ2) is 6.02. The van der Waals surface area contributed by atoms with E-state index in [0.29, 0.717) is 18.5 Å². The van der Waals surface area contributed by atoms with E-state index in [4.69, 9.17) is 5.73 Å². The normalized spacial score (nSPS) is 13.4. The first-order valence-corrected chi connectivity index (χ1v) is 6.06. The van der Waals surface area contributed by atoms with Gasteiger partial charge < -0.3 is 5.73 Å². The fraction of sp³-hybridized carbons (Fsp3) is 0.571. The van der Waals surface area contributed by atoms with E-state index >= 15 is 0 Å². The van der Waals surface area contributed by atoms with Crippen LogP contribution in [0.1, 0.15) is 43.9 Å². The third-order valence-electron chi connectivity index (χ3n) is 3.23. The molecule has 0 bridgehead atoms. The van der Waals surface area contributed by atoms with Crippen molar-refractivity contribution in [3.63, 3.8) is 0 Å². The van der Waals surface area contributed by atoms with Crippen molar-refractivity contribution in [3.8, 4) is 0 Å². The minimum absolute atomic E-state index is 0.435. The van der Waals surface area contributed by atoms with Crippen LogP contribution in [-0.2, 0) is 0 Å². The van der Waals surface area contributed by atoms with Gasteiger partial charge in [0.2, 0.25) is 0 Å². The van der Waals surface area contributed by atoms with Crippen LogP contribution in [0, 0.1) is 0 Å². The molecule has 1 unspecified atom stereocenters. The second-order valence-electron chi connectivity index (χ2n) is 4.77. The summed E-state index contributed by atoms with van der Waals surface area (Å²) >= 11 is 0. The molecule has 2 N–H and O–H groups in total. The van der Waals surface area contributed by atoms with Crippen LogP contribution in [0.15, 0.2) is 24.3 Å². The van der Waals surface area contributed by atoms with Crippen LogP contribution < -0.4 is 5.73 Å². The van der Waals surface area contributed by atoms with Gasteiger partial charge in [-0.25, -0.2) is 0 Å². The van der Waals surface area contributed by atoms with Crippen LogP contribution in [0.5, 0.6) is 0 Å². The Hall–Kier alpha value is -0.860. The van der Waals surface area contributed by atoms with Crippen molar-refractivity contribution in [2.75, 3.05) is 20.1 Å². The Morgan fingerprint density at radius 2 is 1.56 bits per heavy atom. The van der Waals surface area contributed by atoms with Gasteiger partial charge in [0, 0.05) is 19.1 Å². The predicted octanol–water partition coefficient (Wildman–Crippen LogP) is 2.76. The summed E-state index contributed by atoms with van der Waals surface area (Å²) in [6.07, 6.45) is 0. The summed E-state index contributed by atoms with van der Waals surface area (Å²) in [5, 5.41) is 0. The Bertz CT molecular complexity index is 303. The SMILES string of the molecule is CC(C)c1ccc(C(C)N(C)CCN)cc1. The third kappa shape index (κ3) is 3.32. The van der Waals surface area contributed by atoms with E-state index < -0.39 is 0 Å². The molecule has 0 saturated carbocycles. The summed E-state index contributed by atoms with van der Waals surface area (Å²) in [4.78, 5) is 2.28. The maximum atomic E-state index is 5.57. The van der Waals surface area contributed by atoms with Gasteiger partial charge in [-0.1, -0.05) is 38.1 Å². The molecule has 1 atom stereocenters. The molecule has 16 heavy (non-hydrogen) atoms. The monoisotopic (exact) mass is 220 g/mol. The van der Waals surface area contributed by atoms with Gasteiger partial charge in [0.15, 0.2) is 0 Å². The van der Waals surface area contributed by atoms with Crippen molar-refractivity contribution >= 4 is 0 Å². The van der Waals surface area contributed by atoms with E-state index in [2.05, 4.69) is 57.0 Å². The van der Waals surface area contributed by atoms with Crippen molar-refractivity contribution < 1.29 is 0 Å². The Balaban J connectivity index is 2.73. The molecule has 0 aliphatic heterocycles. The number of hydrogen-bond donors (Lipinski definition) is 1. The number of rotatable bonds is 5. The largest absolute Gasteiger partial charge is 0.329 e. The van der Waals surface area contributed by atoms with Crippen LogP contribution in [0.25, 0.3) is 0 Å². The Kier molecular flexibility index (Phi) is 4.97. The maximum absolute atomic E-state index is 5.57. The van der Waals surface area contributed by atoms with Gasteiger partial charge in [-0.3, -0.25) is 4.90 Å². The lowest BCUT2D eigenvalue weighted by molar-refractivity contribution is 0.269. The van der Waals surface area contributed by atoms with Crippen LogP contribution in [0.4, 0.5) is 0 Å². The molecule has 0 radical (unpaired) electrons. The van der Waals surface area contributed by atoms with Gasteiger partial charge in [0.05, 0.1) is 0 Å². The molecule has 2 heteroatoms. The van der Waals surface area contributed by atoms with E-state index in [1.807, 2.05) is 0 Å². The Labute approximate surface area is 99.5 Å². The standard InChI is InChI=1S/C14H24N2/c1-11(2)13-5-7-14(8-6-13)12(3)16(4)10-9-15/h5-8,11-12H,9-10,15H2,1-4H3. The molecule has 0 spiro atoms. The highest BCUT2D eigenvalue weighted by atomic mass is 15.1. The van der Waals surface area contributed by atoms with Crippen LogP contribution in [0.3, 0.4) is 0 Å². The zero-order chi connectivity index (χ0) is 12.1. The molecule has 1 rings (SSSR count). The quantitative estimate of drug-likeness (QED) is 0.826. The van der Waals surface area contributed by atoms with Crippen molar-refractivity contribution in [2.24, 2.45) is 5.73 Å². The molecule has 0 aliphatic carbocycles. The third-order valence-corrected chi connectivity index (χ3v) is 3.23. The highest BCUT2D eigenvalue weighted by Crippen LogP contribution is 2.21. The van der Waals surface area contributed by atoms with E-state index in [1.54, 1.807) is 0 Å². The average Bonchev–Trinajstić information content (AvgIpc) is 2.28. The minimum Gasteiger partial charge on any atom is -0.329 e.